The van der Waals surface area contributed by atoms with Gasteiger partial charge < -0.3 is 9.47 Å². The zero-order valence-electron chi connectivity index (χ0n) is 20.9. The first-order chi connectivity index (χ1) is 18.6. The van der Waals surface area contributed by atoms with Crippen LogP contribution in [0.5, 0.6) is 0 Å². The van der Waals surface area contributed by atoms with E-state index in [9.17, 15) is 24.0 Å². The number of hydrogen-bond acceptors (Lipinski definition) is 5. The normalized spacial score (nSPS) is 17.2. The number of amides is 3. The van der Waals surface area contributed by atoms with Gasteiger partial charge in [0.15, 0.2) is 0 Å². The van der Waals surface area contributed by atoms with Gasteiger partial charge in [-0.25, -0.2) is 0 Å². The molecule has 2 aliphatic heterocycles. The minimum atomic E-state index is -3.79. The number of Topliss-reactive ketones (excluding diaryl/α,β-unsaturated/α-hetero) is 1. The van der Waals surface area contributed by atoms with Crippen LogP contribution in [0.4, 0.5) is 8.78 Å². The number of pyridine rings is 1. The molecule has 3 heterocycles. The summed E-state index contributed by atoms with van der Waals surface area (Å²) in [6, 6.07) is 15.0. The minimum Gasteiger partial charge on any atom is -0.322 e. The SMILES string of the molecule is O=C1CCC(N2Cc3cc(CCC(=O)C(F)(F)c4ccc(=O)n(Cc5ccccc5)c4)ccc3C2=O)C(=O)N1. The van der Waals surface area contributed by atoms with E-state index in [-0.39, 0.29) is 44.2 Å². The Labute approximate surface area is 222 Å². The van der Waals surface area contributed by atoms with Crippen LogP contribution < -0.4 is 10.9 Å². The Balaban J connectivity index is 1.26. The lowest BCUT2D eigenvalue weighted by Gasteiger charge is -2.29. The maximum absolute atomic E-state index is 15.1. The molecule has 0 radical (unpaired) electrons. The molecule has 10 heteroatoms. The van der Waals surface area contributed by atoms with Crippen LogP contribution in [-0.2, 0) is 39.8 Å². The number of benzene rings is 2. The van der Waals surface area contributed by atoms with Gasteiger partial charge in [0.25, 0.3) is 11.5 Å². The average molecular weight is 534 g/mol. The number of piperidine rings is 1. The molecule has 0 spiro atoms. The van der Waals surface area contributed by atoms with E-state index in [0.717, 1.165) is 28.5 Å². The molecule has 1 N–H and O–H groups in total. The molecule has 1 atom stereocenters. The summed E-state index contributed by atoms with van der Waals surface area (Å²) in [7, 11) is 0. The molecule has 1 saturated heterocycles. The standard InChI is InChI=1S/C29H25F2N3O5/c30-29(31,21-8-13-26(37)33(17-21)15-19-4-2-1-3-5-19)24(35)11-7-18-6-9-22-20(14-18)16-34(28(22)39)23-10-12-25(36)32-27(23)38/h1-6,8-9,13-14,17,23H,7,10-12,15-16H2,(H,32,36,38). The summed E-state index contributed by atoms with van der Waals surface area (Å²) in [6.07, 6.45) is 0.978. The van der Waals surface area contributed by atoms with Crippen molar-refractivity contribution in [2.75, 3.05) is 0 Å². The second-order valence-electron chi connectivity index (χ2n) is 9.76. The summed E-state index contributed by atoms with van der Waals surface area (Å²) in [4.78, 5) is 62.8. The van der Waals surface area contributed by atoms with E-state index >= 15 is 8.78 Å². The van der Waals surface area contributed by atoms with Crippen LogP contribution in [-0.4, -0.2) is 39.0 Å². The molecule has 1 unspecified atom stereocenters. The number of alkyl halides is 2. The summed E-state index contributed by atoms with van der Waals surface area (Å²) in [6.45, 7) is 0.253. The zero-order valence-corrected chi connectivity index (χ0v) is 20.9. The Hall–Kier alpha value is -4.47. The highest BCUT2D eigenvalue weighted by Crippen LogP contribution is 2.32. The van der Waals surface area contributed by atoms with Gasteiger partial charge in [0, 0.05) is 42.8 Å². The van der Waals surface area contributed by atoms with Crippen molar-refractivity contribution in [2.24, 2.45) is 0 Å². The Bertz CT molecular complexity index is 1530. The van der Waals surface area contributed by atoms with Crippen molar-refractivity contribution >= 4 is 23.5 Å². The maximum atomic E-state index is 15.1. The second-order valence-corrected chi connectivity index (χ2v) is 9.76. The van der Waals surface area contributed by atoms with Crippen molar-refractivity contribution in [3.8, 4) is 0 Å². The first kappa shape index (κ1) is 26.1. The van der Waals surface area contributed by atoms with Gasteiger partial charge in [-0.1, -0.05) is 42.5 Å². The van der Waals surface area contributed by atoms with Gasteiger partial charge in [-0.15, -0.1) is 0 Å². The number of carbonyl (C=O) groups excluding carboxylic acids is 4. The Morgan fingerprint density at radius 2 is 1.74 bits per heavy atom. The molecule has 5 rings (SSSR count). The fraction of sp³-hybridized carbons (Fsp3) is 0.276. The van der Waals surface area contributed by atoms with E-state index in [1.165, 1.54) is 4.90 Å². The third-order valence-corrected chi connectivity index (χ3v) is 7.12. The van der Waals surface area contributed by atoms with E-state index in [1.54, 1.807) is 42.5 Å². The Kier molecular flexibility index (Phi) is 6.94. The van der Waals surface area contributed by atoms with Gasteiger partial charge in [0.05, 0.1) is 6.54 Å². The third-order valence-electron chi connectivity index (χ3n) is 7.12. The monoisotopic (exact) mass is 533 g/mol. The summed E-state index contributed by atoms with van der Waals surface area (Å²) >= 11 is 0. The van der Waals surface area contributed by atoms with Crippen LogP contribution in [0, 0.1) is 0 Å². The highest BCUT2D eigenvalue weighted by molar-refractivity contribution is 6.05. The number of halogens is 2. The molecule has 0 aliphatic carbocycles. The van der Waals surface area contributed by atoms with Gasteiger partial charge in [-0.2, -0.15) is 8.78 Å². The first-order valence-corrected chi connectivity index (χ1v) is 12.6. The molecule has 39 heavy (non-hydrogen) atoms. The minimum absolute atomic E-state index is 0.0258. The number of nitrogens with one attached hydrogen (secondary N) is 1. The highest BCUT2D eigenvalue weighted by atomic mass is 19.3. The first-order valence-electron chi connectivity index (χ1n) is 12.6. The summed E-state index contributed by atoms with van der Waals surface area (Å²) in [5, 5.41) is 2.24. The molecule has 3 amide bonds. The summed E-state index contributed by atoms with van der Waals surface area (Å²) in [5.74, 6) is -6.30. The molecule has 200 valence electrons. The van der Waals surface area contributed by atoms with E-state index in [0.29, 0.717) is 16.7 Å². The number of carbonyl (C=O) groups is 4. The molecule has 0 saturated carbocycles. The maximum Gasteiger partial charge on any atom is 0.331 e. The lowest BCUT2D eigenvalue weighted by molar-refractivity contribution is -0.144. The van der Waals surface area contributed by atoms with Crippen molar-refractivity contribution in [1.29, 1.82) is 0 Å². The highest BCUT2D eigenvalue weighted by Gasteiger charge is 2.41. The van der Waals surface area contributed by atoms with Gasteiger partial charge in [-0.05, 0) is 41.7 Å². The zero-order chi connectivity index (χ0) is 27.7. The van der Waals surface area contributed by atoms with Crippen molar-refractivity contribution in [1.82, 2.24) is 14.8 Å². The number of aryl methyl sites for hydroxylation is 1. The van der Waals surface area contributed by atoms with E-state index < -0.39 is 41.2 Å². The van der Waals surface area contributed by atoms with Crippen molar-refractivity contribution in [3.63, 3.8) is 0 Å². The van der Waals surface area contributed by atoms with Gasteiger partial charge >= 0.3 is 5.92 Å². The van der Waals surface area contributed by atoms with E-state index in [4.69, 9.17) is 0 Å². The van der Waals surface area contributed by atoms with Gasteiger partial charge in [-0.3, -0.25) is 29.3 Å². The van der Waals surface area contributed by atoms with Crippen molar-refractivity contribution in [2.45, 2.75) is 50.7 Å². The third kappa shape index (κ3) is 5.27. The largest absolute Gasteiger partial charge is 0.331 e. The Morgan fingerprint density at radius 3 is 2.49 bits per heavy atom. The lowest BCUT2D eigenvalue weighted by Crippen LogP contribution is -2.52. The van der Waals surface area contributed by atoms with Crippen molar-refractivity contribution < 1.29 is 28.0 Å². The van der Waals surface area contributed by atoms with E-state index in [1.807, 2.05) is 6.07 Å². The lowest BCUT2D eigenvalue weighted by atomic mass is 9.98. The summed E-state index contributed by atoms with van der Waals surface area (Å²) < 4.78 is 31.4. The summed E-state index contributed by atoms with van der Waals surface area (Å²) in [5.41, 5.74) is 1.39. The number of nitrogens with zero attached hydrogens (tertiary/aromatic N) is 2. The quantitative estimate of drug-likeness (QED) is 0.449. The number of ketones is 1. The fourth-order valence-corrected chi connectivity index (χ4v) is 4.98. The number of imide groups is 1. The molecule has 0 bridgehead atoms. The van der Waals surface area contributed by atoms with Gasteiger partial charge in [0.1, 0.15) is 6.04 Å². The topological polar surface area (TPSA) is 106 Å². The van der Waals surface area contributed by atoms with Crippen molar-refractivity contribution in [3.05, 3.63) is 105 Å². The number of hydrogen-bond donors (Lipinski definition) is 1. The molecule has 1 fully saturated rings. The predicted octanol–water partition coefficient (Wildman–Crippen LogP) is 2.95. The molecule has 3 aromatic rings. The molecular formula is C29H25F2N3O5. The molecule has 1 aromatic heterocycles. The van der Waals surface area contributed by atoms with Crippen LogP contribution in [0.15, 0.2) is 71.7 Å². The number of fused-ring (bicyclic) bond motifs is 1. The molecule has 2 aliphatic rings. The predicted molar refractivity (Wildman–Crippen MR) is 136 cm³/mol. The molecule has 2 aromatic carbocycles. The van der Waals surface area contributed by atoms with Crippen LogP contribution in [0.2, 0.25) is 0 Å². The van der Waals surface area contributed by atoms with Gasteiger partial charge in [0.2, 0.25) is 17.6 Å². The van der Waals surface area contributed by atoms with Crippen LogP contribution >= 0.6 is 0 Å². The average Bonchev–Trinajstić information content (AvgIpc) is 3.24. The van der Waals surface area contributed by atoms with Crippen LogP contribution in [0.1, 0.15) is 51.9 Å². The van der Waals surface area contributed by atoms with Crippen LogP contribution in [0.3, 0.4) is 0 Å². The Morgan fingerprint density at radius 1 is 0.974 bits per heavy atom. The fourth-order valence-electron chi connectivity index (χ4n) is 4.98. The smallest absolute Gasteiger partial charge is 0.322 e. The number of rotatable bonds is 8. The number of aromatic nitrogens is 1. The molecule has 8 nitrogen and oxygen atoms in total. The molecular weight excluding hydrogens is 508 g/mol. The van der Waals surface area contributed by atoms with E-state index in [2.05, 4.69) is 5.32 Å². The second kappa shape index (κ2) is 10.4. The van der Waals surface area contributed by atoms with Crippen LogP contribution in [0.25, 0.3) is 0 Å².